The fraction of sp³-hybridized carbons (Fsp3) is 0.143. The predicted octanol–water partition coefficient (Wildman–Crippen LogP) is 5.48. The van der Waals surface area contributed by atoms with Crippen molar-refractivity contribution in [2.75, 3.05) is 0 Å². The molecule has 0 aromatic heterocycles. The first-order valence-electron chi connectivity index (χ1n) is 5.98. The molecule has 0 radical (unpaired) electrons. The van der Waals surface area contributed by atoms with Crippen LogP contribution in [0.1, 0.15) is 11.1 Å². The topological polar surface area (TPSA) is 52.4 Å². The molecule has 0 aliphatic heterocycles. The molecule has 0 fully saturated rings. The van der Waals surface area contributed by atoms with Crippen molar-refractivity contribution in [3.63, 3.8) is 0 Å². The lowest BCUT2D eigenvalue weighted by Crippen LogP contribution is -2.06. The van der Waals surface area contributed by atoms with Gasteiger partial charge in [0.15, 0.2) is 0 Å². The highest BCUT2D eigenvalue weighted by atomic mass is 79.9. The van der Waals surface area contributed by atoms with E-state index in [1.54, 1.807) is 18.2 Å². The quantitative estimate of drug-likeness (QED) is 0.527. The summed E-state index contributed by atoms with van der Waals surface area (Å²) in [5.41, 5.74) is -0.919. The molecule has 0 aliphatic rings. The molecule has 0 atom stereocenters. The van der Waals surface area contributed by atoms with Crippen molar-refractivity contribution < 1.29 is 22.8 Å². The fourth-order valence-electron chi connectivity index (χ4n) is 1.73. The summed E-state index contributed by atoms with van der Waals surface area (Å²) in [4.78, 5) is 10.1. The monoisotopic (exact) mass is 375 g/mol. The molecule has 0 saturated carbocycles. The second-order valence-corrected chi connectivity index (χ2v) is 5.33. The number of aryl methyl sites for hydroxylation is 1. The van der Waals surface area contributed by atoms with Gasteiger partial charge in [0.2, 0.25) is 5.75 Å². The van der Waals surface area contributed by atoms with E-state index in [-0.39, 0.29) is 11.5 Å². The molecule has 2 aromatic carbocycles. The van der Waals surface area contributed by atoms with E-state index in [0.29, 0.717) is 10.5 Å². The number of nitro groups is 1. The summed E-state index contributed by atoms with van der Waals surface area (Å²) >= 11 is 3.24. The van der Waals surface area contributed by atoms with Crippen molar-refractivity contribution in [3.05, 3.63) is 62.1 Å². The summed E-state index contributed by atoms with van der Waals surface area (Å²) in [5, 5.41) is 11.0. The Bertz CT molecular complexity index is 732. The third kappa shape index (κ3) is 3.56. The van der Waals surface area contributed by atoms with Crippen molar-refractivity contribution in [2.45, 2.75) is 13.1 Å². The zero-order valence-corrected chi connectivity index (χ0v) is 12.7. The molecule has 0 N–H and O–H groups in total. The van der Waals surface area contributed by atoms with Crippen LogP contribution in [0.5, 0.6) is 11.5 Å². The van der Waals surface area contributed by atoms with E-state index in [1.165, 1.54) is 0 Å². The molecule has 0 aliphatic carbocycles. The second kappa shape index (κ2) is 5.96. The van der Waals surface area contributed by atoms with Gasteiger partial charge in [0.25, 0.3) is 0 Å². The Kier molecular flexibility index (Phi) is 4.41. The van der Waals surface area contributed by atoms with E-state index in [0.717, 1.165) is 17.7 Å². The number of halogens is 4. The van der Waals surface area contributed by atoms with Crippen LogP contribution >= 0.6 is 15.9 Å². The van der Waals surface area contributed by atoms with Crippen LogP contribution in [-0.4, -0.2) is 4.92 Å². The molecular weight excluding hydrogens is 367 g/mol. The lowest BCUT2D eigenvalue weighted by atomic mass is 10.2. The minimum absolute atomic E-state index is 0.262. The van der Waals surface area contributed by atoms with E-state index in [1.807, 2.05) is 6.92 Å². The summed E-state index contributed by atoms with van der Waals surface area (Å²) in [5.74, 6) is 0.0102. The second-order valence-electron chi connectivity index (χ2n) is 4.47. The minimum atomic E-state index is -4.66. The standard InChI is InChI=1S/C14H9BrF3NO3/c1-8-2-4-12(10(15)6-8)22-13-5-3-9(14(16,17)18)7-11(13)19(20)21/h2-7H,1H3. The highest BCUT2D eigenvalue weighted by Crippen LogP contribution is 2.39. The molecule has 0 bridgehead atoms. The molecular formula is C14H9BrF3NO3. The van der Waals surface area contributed by atoms with Crippen LogP contribution in [-0.2, 0) is 6.18 Å². The molecule has 22 heavy (non-hydrogen) atoms. The number of hydrogen-bond acceptors (Lipinski definition) is 3. The average molecular weight is 376 g/mol. The maximum atomic E-state index is 12.6. The number of nitro benzene ring substituents is 1. The number of hydrogen-bond donors (Lipinski definition) is 0. The first-order chi connectivity index (χ1) is 10.2. The largest absolute Gasteiger partial charge is 0.449 e. The van der Waals surface area contributed by atoms with E-state index in [2.05, 4.69) is 15.9 Å². The molecule has 116 valence electrons. The van der Waals surface area contributed by atoms with Gasteiger partial charge in [-0.15, -0.1) is 0 Å². The average Bonchev–Trinajstić information content (AvgIpc) is 2.40. The van der Waals surface area contributed by atoms with Crippen molar-refractivity contribution in [2.24, 2.45) is 0 Å². The Morgan fingerprint density at radius 2 is 1.77 bits per heavy atom. The molecule has 8 heteroatoms. The zero-order valence-electron chi connectivity index (χ0n) is 11.1. The van der Waals surface area contributed by atoms with Crippen LogP contribution in [0.3, 0.4) is 0 Å². The van der Waals surface area contributed by atoms with Gasteiger partial charge < -0.3 is 4.74 Å². The van der Waals surface area contributed by atoms with Crippen molar-refractivity contribution in [1.82, 2.24) is 0 Å². The summed E-state index contributed by atoms with van der Waals surface area (Å²) in [6.07, 6.45) is -4.66. The van der Waals surface area contributed by atoms with E-state index < -0.39 is 22.4 Å². The normalized spacial score (nSPS) is 11.3. The van der Waals surface area contributed by atoms with Crippen LogP contribution < -0.4 is 4.74 Å². The van der Waals surface area contributed by atoms with E-state index in [9.17, 15) is 23.3 Å². The summed E-state index contributed by atoms with van der Waals surface area (Å²) < 4.78 is 43.8. The van der Waals surface area contributed by atoms with Gasteiger partial charge in [-0.1, -0.05) is 6.07 Å². The Hall–Kier alpha value is -2.09. The molecule has 2 aromatic rings. The molecule has 2 rings (SSSR count). The number of rotatable bonds is 3. The number of benzene rings is 2. The lowest BCUT2D eigenvalue weighted by Gasteiger charge is -2.11. The Morgan fingerprint density at radius 3 is 2.32 bits per heavy atom. The minimum Gasteiger partial charge on any atom is -0.449 e. The highest BCUT2D eigenvalue weighted by molar-refractivity contribution is 9.10. The van der Waals surface area contributed by atoms with Crippen LogP contribution in [0, 0.1) is 17.0 Å². The van der Waals surface area contributed by atoms with Crippen LogP contribution in [0.2, 0.25) is 0 Å². The van der Waals surface area contributed by atoms with Gasteiger partial charge in [-0.25, -0.2) is 0 Å². The van der Waals surface area contributed by atoms with Gasteiger partial charge in [0, 0.05) is 6.07 Å². The first kappa shape index (κ1) is 16.3. The Morgan fingerprint density at radius 1 is 1.14 bits per heavy atom. The summed E-state index contributed by atoms with van der Waals surface area (Å²) in [6, 6.07) is 7.15. The van der Waals surface area contributed by atoms with Gasteiger partial charge in [-0.3, -0.25) is 10.1 Å². The van der Waals surface area contributed by atoms with E-state index in [4.69, 9.17) is 4.74 Å². The summed E-state index contributed by atoms with van der Waals surface area (Å²) in [6.45, 7) is 1.84. The third-order valence-electron chi connectivity index (χ3n) is 2.79. The van der Waals surface area contributed by atoms with Gasteiger partial charge in [0.05, 0.1) is 15.0 Å². The molecule has 0 heterocycles. The van der Waals surface area contributed by atoms with Gasteiger partial charge >= 0.3 is 11.9 Å². The smallest absolute Gasteiger partial charge is 0.416 e. The van der Waals surface area contributed by atoms with Crippen LogP contribution in [0.25, 0.3) is 0 Å². The highest BCUT2D eigenvalue weighted by Gasteiger charge is 2.33. The number of ether oxygens (including phenoxy) is 1. The molecule has 4 nitrogen and oxygen atoms in total. The van der Waals surface area contributed by atoms with Crippen molar-refractivity contribution in [3.8, 4) is 11.5 Å². The molecule has 0 amide bonds. The third-order valence-corrected chi connectivity index (χ3v) is 3.41. The van der Waals surface area contributed by atoms with Crippen molar-refractivity contribution in [1.29, 1.82) is 0 Å². The SMILES string of the molecule is Cc1ccc(Oc2ccc(C(F)(F)F)cc2[N+](=O)[O-])c(Br)c1. The van der Waals surface area contributed by atoms with Crippen molar-refractivity contribution >= 4 is 21.6 Å². The van der Waals surface area contributed by atoms with Gasteiger partial charge in [-0.05, 0) is 52.7 Å². The predicted molar refractivity (Wildman–Crippen MR) is 77.1 cm³/mol. The molecule has 0 spiro atoms. The van der Waals surface area contributed by atoms with E-state index >= 15 is 0 Å². The molecule has 0 saturated heterocycles. The lowest BCUT2D eigenvalue weighted by molar-refractivity contribution is -0.385. The maximum Gasteiger partial charge on any atom is 0.416 e. The maximum absolute atomic E-state index is 12.6. The zero-order chi connectivity index (χ0) is 16.5. The Labute approximate surface area is 131 Å². The molecule has 0 unspecified atom stereocenters. The van der Waals surface area contributed by atoms with Crippen LogP contribution in [0.4, 0.5) is 18.9 Å². The fourth-order valence-corrected chi connectivity index (χ4v) is 2.30. The van der Waals surface area contributed by atoms with Gasteiger partial charge in [0.1, 0.15) is 5.75 Å². The van der Waals surface area contributed by atoms with Gasteiger partial charge in [-0.2, -0.15) is 13.2 Å². The van der Waals surface area contributed by atoms with Crippen LogP contribution in [0.15, 0.2) is 40.9 Å². The Balaban J connectivity index is 2.44. The summed E-state index contributed by atoms with van der Waals surface area (Å²) in [7, 11) is 0. The number of alkyl halides is 3. The first-order valence-corrected chi connectivity index (χ1v) is 6.77. The number of nitrogens with zero attached hydrogens (tertiary/aromatic N) is 1.